The third kappa shape index (κ3) is 1.53. The molecule has 0 bridgehead atoms. The monoisotopic (exact) mass is 168 g/mol. The number of hydrogen-bond donors (Lipinski definition) is 0. The largest absolute Gasteiger partial charge is 0.0625 e. The Bertz CT molecular complexity index is 159. The Morgan fingerprint density at radius 2 is 1.58 bits per heavy atom. The standard InChI is InChI=1S/C12H24/c1-8(2)10(4)11(5)12(6)7-9(12)3/h8-11H,7H2,1-6H3. The highest BCUT2D eigenvalue weighted by Crippen LogP contribution is 2.59. The maximum atomic E-state index is 2.46. The van der Waals surface area contributed by atoms with Crippen molar-refractivity contribution in [3.63, 3.8) is 0 Å². The van der Waals surface area contributed by atoms with E-state index in [-0.39, 0.29) is 0 Å². The van der Waals surface area contributed by atoms with E-state index in [0.717, 1.165) is 23.7 Å². The Kier molecular flexibility index (Phi) is 2.56. The predicted molar refractivity (Wildman–Crippen MR) is 55.1 cm³/mol. The normalized spacial score (nSPS) is 39.8. The molecule has 0 saturated heterocycles. The first kappa shape index (κ1) is 10.1. The minimum Gasteiger partial charge on any atom is -0.0625 e. The van der Waals surface area contributed by atoms with Gasteiger partial charge in [0.1, 0.15) is 0 Å². The summed E-state index contributed by atoms with van der Waals surface area (Å²) in [5.41, 5.74) is 0.670. The van der Waals surface area contributed by atoms with Crippen LogP contribution in [0.4, 0.5) is 0 Å². The van der Waals surface area contributed by atoms with Crippen molar-refractivity contribution in [2.45, 2.75) is 48.0 Å². The van der Waals surface area contributed by atoms with Crippen LogP contribution in [0, 0.1) is 29.1 Å². The zero-order chi connectivity index (χ0) is 9.52. The molecule has 12 heavy (non-hydrogen) atoms. The Morgan fingerprint density at radius 3 is 1.83 bits per heavy atom. The first-order valence-corrected chi connectivity index (χ1v) is 5.39. The van der Waals surface area contributed by atoms with Gasteiger partial charge in [-0.15, -0.1) is 0 Å². The quantitative estimate of drug-likeness (QED) is 0.598. The van der Waals surface area contributed by atoms with Gasteiger partial charge in [0.05, 0.1) is 0 Å². The van der Waals surface area contributed by atoms with Crippen molar-refractivity contribution < 1.29 is 0 Å². The fourth-order valence-corrected chi connectivity index (χ4v) is 2.41. The van der Waals surface area contributed by atoms with Gasteiger partial charge in [-0.1, -0.05) is 41.5 Å². The minimum atomic E-state index is 0.670. The summed E-state index contributed by atoms with van der Waals surface area (Å²) in [6.07, 6.45) is 1.45. The molecule has 0 heterocycles. The van der Waals surface area contributed by atoms with Crippen LogP contribution in [-0.4, -0.2) is 0 Å². The van der Waals surface area contributed by atoms with Crippen molar-refractivity contribution in [2.24, 2.45) is 29.1 Å². The van der Waals surface area contributed by atoms with Gasteiger partial charge in [0, 0.05) is 0 Å². The van der Waals surface area contributed by atoms with E-state index in [1.807, 2.05) is 0 Å². The Labute approximate surface area is 77.7 Å². The van der Waals surface area contributed by atoms with Gasteiger partial charge in [0.2, 0.25) is 0 Å². The molecule has 1 rings (SSSR count). The molecular formula is C12H24. The van der Waals surface area contributed by atoms with Crippen LogP contribution in [-0.2, 0) is 0 Å². The number of hydrogen-bond acceptors (Lipinski definition) is 0. The van der Waals surface area contributed by atoms with Crippen LogP contribution in [0.3, 0.4) is 0 Å². The molecule has 1 fully saturated rings. The summed E-state index contributed by atoms with van der Waals surface area (Å²) in [6, 6.07) is 0. The molecule has 0 heteroatoms. The third-order valence-corrected chi connectivity index (χ3v) is 4.59. The van der Waals surface area contributed by atoms with Crippen molar-refractivity contribution in [3.05, 3.63) is 0 Å². The molecule has 0 amide bonds. The second kappa shape index (κ2) is 3.05. The lowest BCUT2D eigenvalue weighted by molar-refractivity contribution is 0.195. The van der Waals surface area contributed by atoms with Crippen molar-refractivity contribution in [1.82, 2.24) is 0 Å². The third-order valence-electron chi connectivity index (χ3n) is 4.59. The van der Waals surface area contributed by atoms with E-state index in [0.29, 0.717) is 5.41 Å². The highest BCUT2D eigenvalue weighted by Gasteiger charge is 2.51. The Hall–Kier alpha value is 0. The van der Waals surface area contributed by atoms with E-state index in [1.165, 1.54) is 6.42 Å². The van der Waals surface area contributed by atoms with E-state index in [4.69, 9.17) is 0 Å². The van der Waals surface area contributed by atoms with Crippen molar-refractivity contribution in [1.29, 1.82) is 0 Å². The van der Waals surface area contributed by atoms with Gasteiger partial charge >= 0.3 is 0 Å². The van der Waals surface area contributed by atoms with Gasteiger partial charge in [0.25, 0.3) is 0 Å². The molecule has 0 aromatic rings. The van der Waals surface area contributed by atoms with E-state index in [1.54, 1.807) is 0 Å². The van der Waals surface area contributed by atoms with Gasteiger partial charge in [-0.05, 0) is 35.5 Å². The average molecular weight is 168 g/mol. The molecule has 1 aliphatic rings. The second-order valence-electron chi connectivity index (χ2n) is 5.50. The summed E-state index contributed by atoms with van der Waals surface area (Å²) in [5, 5.41) is 0. The first-order chi connectivity index (χ1) is 5.39. The molecular weight excluding hydrogens is 144 g/mol. The van der Waals surface area contributed by atoms with E-state index < -0.39 is 0 Å². The fourth-order valence-electron chi connectivity index (χ4n) is 2.41. The lowest BCUT2D eigenvalue weighted by atomic mass is 9.76. The predicted octanol–water partition coefficient (Wildman–Crippen LogP) is 3.96. The first-order valence-electron chi connectivity index (χ1n) is 5.39. The van der Waals surface area contributed by atoms with Crippen molar-refractivity contribution in [2.75, 3.05) is 0 Å². The van der Waals surface area contributed by atoms with Gasteiger partial charge in [-0.2, -0.15) is 0 Å². The maximum Gasteiger partial charge on any atom is -0.0269 e. The molecule has 4 atom stereocenters. The molecule has 0 aliphatic heterocycles. The zero-order valence-corrected chi connectivity index (χ0v) is 9.52. The SMILES string of the molecule is CC(C)C(C)C(C)C1(C)CC1C. The molecule has 0 aromatic heterocycles. The summed E-state index contributed by atoms with van der Waals surface area (Å²) in [7, 11) is 0. The Balaban J connectivity index is 2.53. The molecule has 72 valence electrons. The maximum absolute atomic E-state index is 2.46. The van der Waals surface area contributed by atoms with Gasteiger partial charge in [-0.3, -0.25) is 0 Å². The van der Waals surface area contributed by atoms with Crippen LogP contribution in [0.5, 0.6) is 0 Å². The second-order valence-corrected chi connectivity index (χ2v) is 5.50. The Morgan fingerprint density at radius 1 is 1.17 bits per heavy atom. The van der Waals surface area contributed by atoms with Crippen LogP contribution < -0.4 is 0 Å². The molecule has 0 nitrogen and oxygen atoms in total. The molecule has 0 spiro atoms. The summed E-state index contributed by atoms with van der Waals surface area (Å²) in [4.78, 5) is 0. The molecule has 0 radical (unpaired) electrons. The van der Waals surface area contributed by atoms with Gasteiger partial charge < -0.3 is 0 Å². The lowest BCUT2D eigenvalue weighted by Crippen LogP contribution is -2.22. The van der Waals surface area contributed by atoms with Crippen LogP contribution in [0.15, 0.2) is 0 Å². The topological polar surface area (TPSA) is 0 Å². The van der Waals surface area contributed by atoms with Crippen LogP contribution in [0.1, 0.15) is 48.0 Å². The minimum absolute atomic E-state index is 0.670. The highest BCUT2D eigenvalue weighted by molar-refractivity contribution is 5.00. The van der Waals surface area contributed by atoms with Crippen LogP contribution >= 0.6 is 0 Å². The number of rotatable bonds is 3. The molecule has 1 saturated carbocycles. The van der Waals surface area contributed by atoms with E-state index in [2.05, 4.69) is 41.5 Å². The van der Waals surface area contributed by atoms with Gasteiger partial charge in [0.15, 0.2) is 0 Å². The molecule has 1 aliphatic carbocycles. The van der Waals surface area contributed by atoms with Crippen LogP contribution in [0.2, 0.25) is 0 Å². The molecule has 4 unspecified atom stereocenters. The van der Waals surface area contributed by atoms with Gasteiger partial charge in [-0.25, -0.2) is 0 Å². The van der Waals surface area contributed by atoms with Crippen molar-refractivity contribution in [3.8, 4) is 0 Å². The molecule has 0 N–H and O–H groups in total. The summed E-state index contributed by atoms with van der Waals surface area (Å²) < 4.78 is 0. The van der Waals surface area contributed by atoms with E-state index >= 15 is 0 Å². The summed E-state index contributed by atoms with van der Waals surface area (Å²) >= 11 is 0. The molecule has 0 aromatic carbocycles. The lowest BCUT2D eigenvalue weighted by Gasteiger charge is -2.29. The average Bonchev–Trinajstić information content (AvgIpc) is 2.58. The highest BCUT2D eigenvalue weighted by atomic mass is 14.6. The van der Waals surface area contributed by atoms with Crippen LogP contribution in [0.25, 0.3) is 0 Å². The summed E-state index contributed by atoms with van der Waals surface area (Å²) in [6.45, 7) is 14.4. The van der Waals surface area contributed by atoms with Crippen molar-refractivity contribution >= 4 is 0 Å². The zero-order valence-electron chi connectivity index (χ0n) is 9.52. The summed E-state index contributed by atoms with van der Waals surface area (Å²) in [5.74, 6) is 3.57. The van der Waals surface area contributed by atoms with E-state index in [9.17, 15) is 0 Å². The fraction of sp³-hybridized carbons (Fsp3) is 1.00. The smallest absolute Gasteiger partial charge is 0.0269 e.